The number of aryl methyl sites for hydroxylation is 1. The summed E-state index contributed by atoms with van der Waals surface area (Å²) >= 11 is 3.10. The van der Waals surface area contributed by atoms with Crippen LogP contribution in [0.1, 0.15) is 15.9 Å². The molecule has 1 N–H and O–H groups in total. The van der Waals surface area contributed by atoms with Crippen molar-refractivity contribution in [3.8, 4) is 0 Å². The number of rotatable bonds is 2. The Labute approximate surface area is 117 Å². The Kier molecular flexibility index (Phi) is 3.95. The molecule has 0 spiro atoms. The fourth-order valence-corrected chi connectivity index (χ4v) is 1.98. The summed E-state index contributed by atoms with van der Waals surface area (Å²) in [6, 6.07) is 8.51. The summed E-state index contributed by atoms with van der Waals surface area (Å²) in [4.78, 5) is 11.9. The second-order valence-corrected chi connectivity index (χ2v) is 4.93. The minimum Gasteiger partial charge on any atom is -0.319 e. The maximum absolute atomic E-state index is 13.6. The van der Waals surface area contributed by atoms with Crippen molar-refractivity contribution >= 4 is 27.5 Å². The van der Waals surface area contributed by atoms with Gasteiger partial charge >= 0.3 is 0 Å². The van der Waals surface area contributed by atoms with Crippen LogP contribution in [-0.4, -0.2) is 5.91 Å². The molecule has 2 rings (SSSR count). The largest absolute Gasteiger partial charge is 0.319 e. The number of para-hydroxylation sites is 1. The van der Waals surface area contributed by atoms with Gasteiger partial charge < -0.3 is 5.32 Å². The molecule has 2 aromatic rings. The van der Waals surface area contributed by atoms with Gasteiger partial charge in [0.25, 0.3) is 5.91 Å². The molecule has 2 aromatic carbocycles. The first kappa shape index (κ1) is 13.7. The van der Waals surface area contributed by atoms with E-state index in [9.17, 15) is 13.6 Å². The molecule has 0 aromatic heterocycles. The van der Waals surface area contributed by atoms with Gasteiger partial charge in [-0.2, -0.15) is 0 Å². The first-order chi connectivity index (χ1) is 8.99. The maximum atomic E-state index is 13.6. The van der Waals surface area contributed by atoms with E-state index in [1.807, 2.05) is 0 Å². The van der Waals surface area contributed by atoms with E-state index in [0.717, 1.165) is 0 Å². The van der Waals surface area contributed by atoms with Crippen LogP contribution < -0.4 is 5.32 Å². The molecule has 0 aliphatic carbocycles. The number of benzene rings is 2. The van der Waals surface area contributed by atoms with E-state index in [4.69, 9.17) is 0 Å². The van der Waals surface area contributed by atoms with Crippen LogP contribution in [0.3, 0.4) is 0 Å². The molecule has 0 bridgehead atoms. The highest BCUT2D eigenvalue weighted by atomic mass is 79.9. The average Bonchev–Trinajstić information content (AvgIpc) is 2.33. The molecule has 0 saturated carbocycles. The molecule has 0 saturated heterocycles. The fraction of sp³-hybridized carbons (Fsp3) is 0.0714. The van der Waals surface area contributed by atoms with Crippen molar-refractivity contribution in [2.45, 2.75) is 6.92 Å². The zero-order chi connectivity index (χ0) is 14.0. The van der Waals surface area contributed by atoms with Crippen molar-refractivity contribution in [3.05, 3.63) is 63.6 Å². The first-order valence-corrected chi connectivity index (χ1v) is 6.30. The van der Waals surface area contributed by atoms with Crippen molar-refractivity contribution in [2.75, 3.05) is 5.32 Å². The van der Waals surface area contributed by atoms with E-state index in [1.165, 1.54) is 18.2 Å². The fourth-order valence-electron chi connectivity index (χ4n) is 1.64. The highest BCUT2D eigenvalue weighted by Crippen LogP contribution is 2.21. The number of carbonyl (C=O) groups is 1. The normalized spacial score (nSPS) is 10.3. The number of amides is 1. The van der Waals surface area contributed by atoms with Gasteiger partial charge in [-0.05, 0) is 36.8 Å². The van der Waals surface area contributed by atoms with Crippen molar-refractivity contribution in [3.63, 3.8) is 0 Å². The zero-order valence-corrected chi connectivity index (χ0v) is 11.6. The van der Waals surface area contributed by atoms with Crippen molar-refractivity contribution in [2.24, 2.45) is 0 Å². The van der Waals surface area contributed by atoms with Crippen LogP contribution in [0.5, 0.6) is 0 Å². The third-order valence-electron chi connectivity index (χ3n) is 2.64. The van der Waals surface area contributed by atoms with E-state index in [2.05, 4.69) is 21.2 Å². The standard InChI is InChI=1S/C14H10BrF2NO/c1-8-3-2-4-11(16)13(8)18-14(19)10-6-5-9(15)7-12(10)17/h2-7H,1H3,(H,18,19). The number of anilines is 1. The van der Waals surface area contributed by atoms with Gasteiger partial charge in [-0.15, -0.1) is 0 Å². The molecule has 98 valence electrons. The lowest BCUT2D eigenvalue weighted by Crippen LogP contribution is -2.15. The summed E-state index contributed by atoms with van der Waals surface area (Å²) < 4.78 is 27.7. The molecular formula is C14H10BrF2NO. The molecule has 0 aliphatic rings. The SMILES string of the molecule is Cc1cccc(F)c1NC(=O)c1ccc(Br)cc1F. The molecule has 2 nitrogen and oxygen atoms in total. The number of hydrogen-bond donors (Lipinski definition) is 1. The molecular weight excluding hydrogens is 316 g/mol. The molecule has 0 atom stereocenters. The average molecular weight is 326 g/mol. The van der Waals surface area contributed by atoms with Gasteiger partial charge in [0.1, 0.15) is 11.6 Å². The highest BCUT2D eigenvalue weighted by Gasteiger charge is 2.15. The Morgan fingerprint density at radius 1 is 1.16 bits per heavy atom. The minimum absolute atomic E-state index is 0.0646. The summed E-state index contributed by atoms with van der Waals surface area (Å²) in [6.45, 7) is 1.66. The minimum atomic E-state index is -0.682. The Morgan fingerprint density at radius 3 is 2.53 bits per heavy atom. The monoisotopic (exact) mass is 325 g/mol. The second kappa shape index (κ2) is 5.48. The van der Waals surface area contributed by atoms with Gasteiger partial charge in [0.05, 0.1) is 11.3 Å². The first-order valence-electron chi connectivity index (χ1n) is 5.50. The van der Waals surface area contributed by atoms with Crippen LogP contribution in [-0.2, 0) is 0 Å². The van der Waals surface area contributed by atoms with Crippen LogP contribution in [0.2, 0.25) is 0 Å². The number of hydrogen-bond acceptors (Lipinski definition) is 1. The molecule has 0 aliphatic heterocycles. The van der Waals surface area contributed by atoms with Gasteiger partial charge in [0.2, 0.25) is 0 Å². The third-order valence-corrected chi connectivity index (χ3v) is 3.13. The van der Waals surface area contributed by atoms with Gasteiger partial charge in [0, 0.05) is 4.47 Å². The Bertz CT molecular complexity index is 623. The summed E-state index contributed by atoms with van der Waals surface area (Å²) in [7, 11) is 0. The van der Waals surface area contributed by atoms with Crippen LogP contribution in [0.15, 0.2) is 40.9 Å². The maximum Gasteiger partial charge on any atom is 0.258 e. The van der Waals surface area contributed by atoms with Crippen LogP contribution in [0.4, 0.5) is 14.5 Å². The van der Waals surface area contributed by atoms with E-state index in [0.29, 0.717) is 10.0 Å². The predicted octanol–water partition coefficient (Wildman–Crippen LogP) is 4.29. The molecule has 0 fully saturated rings. The summed E-state index contributed by atoms with van der Waals surface area (Å²) in [5, 5.41) is 2.39. The molecule has 1 amide bonds. The molecule has 0 radical (unpaired) electrons. The number of nitrogens with one attached hydrogen (secondary N) is 1. The second-order valence-electron chi connectivity index (χ2n) is 4.01. The lowest BCUT2D eigenvalue weighted by Gasteiger charge is -2.10. The Balaban J connectivity index is 2.31. The Hall–Kier alpha value is -1.75. The van der Waals surface area contributed by atoms with Gasteiger partial charge in [-0.3, -0.25) is 4.79 Å². The van der Waals surface area contributed by atoms with E-state index in [-0.39, 0.29) is 11.3 Å². The van der Waals surface area contributed by atoms with Gasteiger partial charge in [-0.1, -0.05) is 28.1 Å². The van der Waals surface area contributed by atoms with Crippen LogP contribution >= 0.6 is 15.9 Å². The Morgan fingerprint density at radius 2 is 1.89 bits per heavy atom. The van der Waals surface area contributed by atoms with Crippen molar-refractivity contribution in [1.82, 2.24) is 0 Å². The van der Waals surface area contributed by atoms with Crippen LogP contribution in [0, 0.1) is 18.6 Å². The van der Waals surface area contributed by atoms with Crippen molar-refractivity contribution in [1.29, 1.82) is 0 Å². The van der Waals surface area contributed by atoms with E-state index >= 15 is 0 Å². The third kappa shape index (κ3) is 2.98. The lowest BCUT2D eigenvalue weighted by atomic mass is 10.1. The van der Waals surface area contributed by atoms with Gasteiger partial charge in [-0.25, -0.2) is 8.78 Å². The summed E-state index contributed by atoms with van der Waals surface area (Å²) in [6.07, 6.45) is 0. The molecule has 5 heteroatoms. The molecule has 19 heavy (non-hydrogen) atoms. The summed E-state index contributed by atoms with van der Waals surface area (Å²) in [5.74, 6) is -1.90. The number of carbonyl (C=O) groups excluding carboxylic acids is 1. The van der Waals surface area contributed by atoms with E-state index < -0.39 is 17.5 Å². The van der Waals surface area contributed by atoms with Crippen LogP contribution in [0.25, 0.3) is 0 Å². The lowest BCUT2D eigenvalue weighted by molar-refractivity contribution is 0.102. The zero-order valence-electron chi connectivity index (χ0n) is 10.0. The smallest absolute Gasteiger partial charge is 0.258 e. The molecule has 0 heterocycles. The molecule has 0 unspecified atom stereocenters. The van der Waals surface area contributed by atoms with E-state index in [1.54, 1.807) is 25.1 Å². The topological polar surface area (TPSA) is 29.1 Å². The van der Waals surface area contributed by atoms with Crippen molar-refractivity contribution < 1.29 is 13.6 Å². The number of halogens is 3. The predicted molar refractivity (Wildman–Crippen MR) is 73.2 cm³/mol. The highest BCUT2D eigenvalue weighted by molar-refractivity contribution is 9.10. The quantitative estimate of drug-likeness (QED) is 0.876. The van der Waals surface area contributed by atoms with Gasteiger partial charge in [0.15, 0.2) is 0 Å². The summed E-state index contributed by atoms with van der Waals surface area (Å²) in [5.41, 5.74) is 0.506.